The van der Waals surface area contributed by atoms with E-state index in [1.54, 1.807) is 6.92 Å². The van der Waals surface area contributed by atoms with Crippen LogP contribution < -0.4 is 5.32 Å². The molecule has 0 saturated heterocycles. The summed E-state index contributed by atoms with van der Waals surface area (Å²) < 4.78 is 10.7. The summed E-state index contributed by atoms with van der Waals surface area (Å²) in [4.78, 5) is 27.8. The number of esters is 1. The number of ether oxygens (including phenoxy) is 1. The molecule has 2 aromatic rings. The van der Waals surface area contributed by atoms with E-state index in [-0.39, 0.29) is 18.4 Å². The fraction of sp³-hybridized carbons (Fsp3) is 0.474. The van der Waals surface area contributed by atoms with Crippen LogP contribution in [0, 0.1) is 6.92 Å². The Morgan fingerprint density at radius 2 is 2.15 bits per heavy atom. The smallest absolute Gasteiger partial charge is 0.341 e. The number of aryl methyl sites for hydroxylation is 2. The highest BCUT2D eigenvalue weighted by Crippen LogP contribution is 2.39. The van der Waals surface area contributed by atoms with E-state index in [4.69, 9.17) is 9.15 Å². The summed E-state index contributed by atoms with van der Waals surface area (Å²) in [5.74, 6) is 1.17. The van der Waals surface area contributed by atoms with Gasteiger partial charge in [0.05, 0.1) is 25.3 Å². The van der Waals surface area contributed by atoms with Crippen molar-refractivity contribution in [2.75, 3.05) is 25.5 Å². The number of anilines is 1. The highest BCUT2D eigenvalue weighted by molar-refractivity contribution is 7.17. The monoisotopic (exact) mass is 376 g/mol. The van der Waals surface area contributed by atoms with Crippen LogP contribution in [0.2, 0.25) is 0 Å². The van der Waals surface area contributed by atoms with Gasteiger partial charge in [-0.25, -0.2) is 4.79 Å². The molecular formula is C19H24N2O4S. The van der Waals surface area contributed by atoms with Crippen LogP contribution in [0.15, 0.2) is 16.5 Å². The molecule has 2 heterocycles. The van der Waals surface area contributed by atoms with Gasteiger partial charge in [0.25, 0.3) is 0 Å². The molecule has 0 aromatic carbocycles. The normalized spacial score (nSPS) is 13.1. The number of fused-ring (bicyclic) bond motifs is 1. The second kappa shape index (κ2) is 8.05. The number of furan rings is 1. The average molecular weight is 376 g/mol. The first-order valence-corrected chi connectivity index (χ1v) is 9.65. The van der Waals surface area contributed by atoms with Crippen LogP contribution in [0.5, 0.6) is 0 Å². The molecule has 0 radical (unpaired) electrons. The first-order valence-electron chi connectivity index (χ1n) is 8.83. The third-order valence-electron chi connectivity index (χ3n) is 4.29. The number of rotatable bonds is 7. The van der Waals surface area contributed by atoms with Crippen molar-refractivity contribution in [1.82, 2.24) is 4.90 Å². The summed E-state index contributed by atoms with van der Waals surface area (Å²) in [7, 11) is 1.86. The van der Waals surface area contributed by atoms with Gasteiger partial charge in [-0.05, 0) is 57.9 Å². The summed E-state index contributed by atoms with van der Waals surface area (Å²) in [5.41, 5.74) is 1.59. The van der Waals surface area contributed by atoms with Gasteiger partial charge in [-0.3, -0.25) is 9.69 Å². The quantitative estimate of drug-likeness (QED) is 0.750. The van der Waals surface area contributed by atoms with Gasteiger partial charge in [0.2, 0.25) is 5.91 Å². The molecule has 0 unspecified atom stereocenters. The molecule has 0 atom stereocenters. The third-order valence-corrected chi connectivity index (χ3v) is 5.50. The molecule has 1 amide bonds. The highest BCUT2D eigenvalue weighted by Gasteiger charge is 2.28. The van der Waals surface area contributed by atoms with Gasteiger partial charge in [-0.2, -0.15) is 0 Å². The molecule has 0 bridgehead atoms. The number of carbonyl (C=O) groups is 2. The van der Waals surface area contributed by atoms with Crippen LogP contribution in [0.1, 0.15) is 45.7 Å². The zero-order valence-corrected chi connectivity index (χ0v) is 16.2. The van der Waals surface area contributed by atoms with Crippen LogP contribution in [0.4, 0.5) is 5.00 Å². The lowest BCUT2D eigenvalue weighted by molar-refractivity contribution is -0.117. The number of nitrogens with one attached hydrogen (secondary N) is 1. The minimum atomic E-state index is -0.346. The zero-order valence-electron chi connectivity index (χ0n) is 15.4. The van der Waals surface area contributed by atoms with Crippen molar-refractivity contribution >= 4 is 28.2 Å². The van der Waals surface area contributed by atoms with Crippen LogP contribution in [-0.4, -0.2) is 37.0 Å². The lowest BCUT2D eigenvalue weighted by atomic mass is 10.1. The van der Waals surface area contributed by atoms with E-state index < -0.39 is 0 Å². The van der Waals surface area contributed by atoms with Gasteiger partial charge < -0.3 is 14.5 Å². The second-order valence-corrected chi connectivity index (χ2v) is 7.62. The summed E-state index contributed by atoms with van der Waals surface area (Å²) in [5, 5.41) is 3.52. The van der Waals surface area contributed by atoms with Crippen molar-refractivity contribution < 1.29 is 18.7 Å². The average Bonchev–Trinajstić information content (AvgIpc) is 3.23. The van der Waals surface area contributed by atoms with Crippen molar-refractivity contribution in [3.8, 4) is 0 Å². The maximum absolute atomic E-state index is 12.4. The summed E-state index contributed by atoms with van der Waals surface area (Å²) >= 11 is 1.50. The van der Waals surface area contributed by atoms with E-state index in [0.29, 0.717) is 23.7 Å². The summed E-state index contributed by atoms with van der Waals surface area (Å²) in [6.07, 6.45) is 2.88. The molecule has 3 rings (SSSR count). The summed E-state index contributed by atoms with van der Waals surface area (Å²) in [6.45, 7) is 4.76. The zero-order chi connectivity index (χ0) is 18.7. The van der Waals surface area contributed by atoms with Gasteiger partial charge >= 0.3 is 5.97 Å². The van der Waals surface area contributed by atoms with E-state index in [1.165, 1.54) is 16.2 Å². The van der Waals surface area contributed by atoms with E-state index in [9.17, 15) is 9.59 Å². The Bertz CT molecular complexity index is 809. The van der Waals surface area contributed by atoms with Crippen LogP contribution in [-0.2, 0) is 28.9 Å². The van der Waals surface area contributed by atoms with Crippen LogP contribution in [0.3, 0.4) is 0 Å². The third kappa shape index (κ3) is 4.16. The number of carbonyl (C=O) groups excluding carboxylic acids is 2. The molecule has 7 heteroatoms. The van der Waals surface area contributed by atoms with Gasteiger partial charge in [0.15, 0.2) is 0 Å². The van der Waals surface area contributed by atoms with E-state index in [0.717, 1.165) is 36.3 Å². The SMILES string of the molecule is CCOC(=O)c1c(NC(=O)CN(C)Cc2ccc(C)o2)sc2c1CCC2. The minimum absolute atomic E-state index is 0.152. The van der Waals surface area contributed by atoms with Gasteiger partial charge in [-0.1, -0.05) is 0 Å². The van der Waals surface area contributed by atoms with Crippen molar-refractivity contribution in [2.45, 2.75) is 39.7 Å². The van der Waals surface area contributed by atoms with Crippen molar-refractivity contribution in [3.63, 3.8) is 0 Å². The number of nitrogens with zero attached hydrogens (tertiary/aromatic N) is 1. The Balaban J connectivity index is 1.66. The molecule has 1 aliphatic carbocycles. The predicted octanol–water partition coefficient (Wildman–Crippen LogP) is 3.39. The Hall–Kier alpha value is -2.12. The largest absolute Gasteiger partial charge is 0.465 e. The molecular weight excluding hydrogens is 352 g/mol. The Labute approximate surface area is 157 Å². The minimum Gasteiger partial charge on any atom is -0.465 e. The van der Waals surface area contributed by atoms with Crippen LogP contribution >= 0.6 is 11.3 Å². The molecule has 6 nitrogen and oxygen atoms in total. The fourth-order valence-electron chi connectivity index (χ4n) is 3.21. The second-order valence-electron chi connectivity index (χ2n) is 6.51. The predicted molar refractivity (Wildman–Crippen MR) is 101 cm³/mol. The Morgan fingerprint density at radius 3 is 2.85 bits per heavy atom. The Kier molecular flexibility index (Phi) is 5.78. The molecule has 1 N–H and O–H groups in total. The number of hydrogen-bond acceptors (Lipinski definition) is 6. The molecule has 0 fully saturated rings. The topological polar surface area (TPSA) is 71.8 Å². The first-order chi connectivity index (χ1) is 12.5. The molecule has 0 aliphatic heterocycles. The Morgan fingerprint density at radius 1 is 1.35 bits per heavy atom. The lowest BCUT2D eigenvalue weighted by Crippen LogP contribution is -2.30. The van der Waals surface area contributed by atoms with Gasteiger partial charge in [-0.15, -0.1) is 11.3 Å². The first kappa shape index (κ1) is 18.7. The molecule has 0 saturated carbocycles. The standard InChI is InChI=1S/C19H24N2O4S/c1-4-24-19(23)17-14-6-5-7-15(14)26-18(17)20-16(22)11-21(3)10-13-9-8-12(2)25-13/h8-9H,4-7,10-11H2,1-3H3,(H,20,22). The number of amides is 1. The van der Waals surface area contributed by atoms with E-state index in [1.807, 2.05) is 31.0 Å². The summed E-state index contributed by atoms with van der Waals surface area (Å²) in [6, 6.07) is 3.81. The van der Waals surface area contributed by atoms with Crippen molar-refractivity contribution in [3.05, 3.63) is 39.7 Å². The van der Waals surface area contributed by atoms with Crippen molar-refractivity contribution in [1.29, 1.82) is 0 Å². The van der Waals surface area contributed by atoms with Crippen molar-refractivity contribution in [2.24, 2.45) is 0 Å². The van der Waals surface area contributed by atoms with Crippen LogP contribution in [0.25, 0.3) is 0 Å². The van der Waals surface area contributed by atoms with Gasteiger partial charge in [0.1, 0.15) is 16.5 Å². The highest BCUT2D eigenvalue weighted by atomic mass is 32.1. The maximum atomic E-state index is 12.4. The van der Waals surface area contributed by atoms with E-state index in [2.05, 4.69) is 5.32 Å². The fourth-order valence-corrected chi connectivity index (χ4v) is 4.51. The molecule has 0 spiro atoms. The molecule has 2 aromatic heterocycles. The number of likely N-dealkylation sites (N-methyl/N-ethyl adjacent to an activating group) is 1. The molecule has 140 valence electrons. The number of hydrogen-bond donors (Lipinski definition) is 1. The molecule has 1 aliphatic rings. The molecule has 26 heavy (non-hydrogen) atoms. The maximum Gasteiger partial charge on any atom is 0.341 e. The lowest BCUT2D eigenvalue weighted by Gasteiger charge is -2.15. The number of thiophene rings is 1. The van der Waals surface area contributed by atoms with Gasteiger partial charge in [0, 0.05) is 4.88 Å². The van der Waals surface area contributed by atoms with E-state index >= 15 is 0 Å².